The van der Waals surface area contributed by atoms with Gasteiger partial charge in [-0.3, -0.25) is 14.2 Å². The summed E-state index contributed by atoms with van der Waals surface area (Å²) in [5, 5.41) is 8.89. The van der Waals surface area contributed by atoms with Crippen molar-refractivity contribution in [1.29, 1.82) is 0 Å². The van der Waals surface area contributed by atoms with Crippen molar-refractivity contribution in [3.63, 3.8) is 0 Å². The first-order chi connectivity index (χ1) is 11.5. The van der Waals surface area contributed by atoms with Gasteiger partial charge in [0.2, 0.25) is 5.91 Å². The number of aryl methyl sites for hydroxylation is 5. The maximum absolute atomic E-state index is 12.7. The first kappa shape index (κ1) is 16.7. The second-order valence-corrected chi connectivity index (χ2v) is 6.84. The molecule has 2 aromatic rings. The minimum Gasteiger partial charge on any atom is -0.336 e. The van der Waals surface area contributed by atoms with E-state index in [1.54, 1.807) is 0 Å². The topological polar surface area (TPSA) is 56.0 Å². The van der Waals surface area contributed by atoms with Crippen LogP contribution in [0.3, 0.4) is 0 Å². The minimum absolute atomic E-state index is 0.194. The van der Waals surface area contributed by atoms with Gasteiger partial charge in [0.05, 0.1) is 17.4 Å². The van der Waals surface area contributed by atoms with Crippen molar-refractivity contribution in [2.24, 2.45) is 7.05 Å². The van der Waals surface area contributed by atoms with Crippen LogP contribution in [0.5, 0.6) is 0 Å². The van der Waals surface area contributed by atoms with Crippen molar-refractivity contribution in [2.75, 3.05) is 6.54 Å². The highest BCUT2D eigenvalue weighted by atomic mass is 16.2. The summed E-state index contributed by atoms with van der Waals surface area (Å²) in [6.07, 6.45) is 5.57. The van der Waals surface area contributed by atoms with Crippen LogP contribution in [0.15, 0.2) is 12.3 Å². The third-order valence-corrected chi connectivity index (χ3v) is 4.85. The first-order valence-corrected chi connectivity index (χ1v) is 8.76. The van der Waals surface area contributed by atoms with Gasteiger partial charge in [-0.15, -0.1) is 0 Å². The molecule has 1 aliphatic heterocycles. The lowest BCUT2D eigenvalue weighted by Crippen LogP contribution is -2.30. The molecule has 0 spiro atoms. The quantitative estimate of drug-likeness (QED) is 0.847. The summed E-state index contributed by atoms with van der Waals surface area (Å²) >= 11 is 0. The Hall–Kier alpha value is -2.11. The van der Waals surface area contributed by atoms with E-state index < -0.39 is 0 Å². The van der Waals surface area contributed by atoms with E-state index in [0.29, 0.717) is 6.42 Å². The van der Waals surface area contributed by atoms with Gasteiger partial charge in [-0.2, -0.15) is 10.2 Å². The average Bonchev–Trinajstić information content (AvgIpc) is 3.18. The van der Waals surface area contributed by atoms with Crippen LogP contribution in [0.25, 0.3) is 0 Å². The number of rotatable bonds is 5. The van der Waals surface area contributed by atoms with E-state index in [4.69, 9.17) is 0 Å². The van der Waals surface area contributed by atoms with E-state index in [2.05, 4.69) is 29.4 Å². The van der Waals surface area contributed by atoms with Crippen LogP contribution in [0.2, 0.25) is 0 Å². The third-order valence-electron chi connectivity index (χ3n) is 4.85. The molecule has 6 heteroatoms. The second-order valence-electron chi connectivity index (χ2n) is 6.84. The fourth-order valence-corrected chi connectivity index (χ4v) is 3.76. The summed E-state index contributed by atoms with van der Waals surface area (Å²) in [6, 6.07) is 2.27. The molecule has 3 heterocycles. The summed E-state index contributed by atoms with van der Waals surface area (Å²) < 4.78 is 3.84. The molecule has 130 valence electrons. The SMILES string of the molecule is Cc1cc(C)n(CCCC(=O)N2CCC[C@H]2c2cn(C)nc2C)n1. The van der Waals surface area contributed by atoms with Crippen LogP contribution < -0.4 is 0 Å². The van der Waals surface area contributed by atoms with Crippen molar-refractivity contribution in [2.45, 2.75) is 59.0 Å². The molecule has 1 saturated heterocycles. The van der Waals surface area contributed by atoms with Gasteiger partial charge in [0, 0.05) is 44.0 Å². The summed E-state index contributed by atoms with van der Waals surface area (Å²) in [4.78, 5) is 14.7. The molecule has 24 heavy (non-hydrogen) atoms. The lowest BCUT2D eigenvalue weighted by atomic mass is 10.1. The molecule has 1 amide bonds. The standard InChI is InChI=1S/C18H27N5O/c1-13-11-14(2)23(19-13)10-6-8-18(24)22-9-5-7-17(22)16-12-21(4)20-15(16)3/h11-12,17H,5-10H2,1-4H3/t17-/m0/s1. The summed E-state index contributed by atoms with van der Waals surface area (Å²) in [6.45, 7) is 7.75. The van der Waals surface area contributed by atoms with Crippen molar-refractivity contribution in [1.82, 2.24) is 24.5 Å². The normalized spacial score (nSPS) is 17.7. The third kappa shape index (κ3) is 3.37. The molecule has 0 saturated carbocycles. The van der Waals surface area contributed by atoms with E-state index >= 15 is 0 Å². The molecule has 0 radical (unpaired) electrons. The molecule has 1 atom stereocenters. The number of nitrogens with zero attached hydrogens (tertiary/aromatic N) is 5. The first-order valence-electron chi connectivity index (χ1n) is 8.76. The Labute approximate surface area is 143 Å². The van der Waals surface area contributed by atoms with Crippen molar-refractivity contribution < 1.29 is 4.79 Å². The largest absolute Gasteiger partial charge is 0.336 e. The zero-order chi connectivity index (χ0) is 17.3. The molecule has 0 N–H and O–H groups in total. The van der Waals surface area contributed by atoms with Gasteiger partial charge in [-0.05, 0) is 46.1 Å². The number of amides is 1. The average molecular weight is 329 g/mol. The second kappa shape index (κ2) is 6.79. The van der Waals surface area contributed by atoms with E-state index in [9.17, 15) is 4.79 Å². The Kier molecular flexibility index (Phi) is 4.73. The number of likely N-dealkylation sites (tertiary alicyclic amines) is 1. The van der Waals surface area contributed by atoms with E-state index in [1.807, 2.05) is 35.2 Å². The van der Waals surface area contributed by atoms with Gasteiger partial charge in [0.15, 0.2) is 0 Å². The smallest absolute Gasteiger partial charge is 0.223 e. The Morgan fingerprint density at radius 3 is 2.71 bits per heavy atom. The molecule has 1 fully saturated rings. The number of carbonyl (C=O) groups is 1. The molecule has 3 rings (SSSR count). The molecule has 6 nitrogen and oxygen atoms in total. The maximum Gasteiger partial charge on any atom is 0.223 e. The van der Waals surface area contributed by atoms with Crippen LogP contribution in [-0.2, 0) is 18.4 Å². The zero-order valence-electron chi connectivity index (χ0n) is 15.1. The molecular formula is C18H27N5O. The van der Waals surface area contributed by atoms with Crippen molar-refractivity contribution in [3.8, 4) is 0 Å². The molecular weight excluding hydrogens is 302 g/mol. The molecule has 0 unspecified atom stereocenters. The van der Waals surface area contributed by atoms with E-state index in [1.165, 1.54) is 5.56 Å². The van der Waals surface area contributed by atoms with E-state index in [-0.39, 0.29) is 11.9 Å². The van der Waals surface area contributed by atoms with Crippen molar-refractivity contribution in [3.05, 3.63) is 34.9 Å². The molecule has 2 aromatic heterocycles. The lowest BCUT2D eigenvalue weighted by Gasteiger charge is -2.24. The van der Waals surface area contributed by atoms with Gasteiger partial charge < -0.3 is 4.90 Å². The highest BCUT2D eigenvalue weighted by Crippen LogP contribution is 2.33. The van der Waals surface area contributed by atoms with E-state index in [0.717, 1.165) is 49.4 Å². The maximum atomic E-state index is 12.7. The van der Waals surface area contributed by atoms with Gasteiger partial charge in [0.1, 0.15) is 0 Å². The Morgan fingerprint density at radius 1 is 1.29 bits per heavy atom. The Morgan fingerprint density at radius 2 is 2.08 bits per heavy atom. The lowest BCUT2D eigenvalue weighted by molar-refractivity contribution is -0.132. The summed E-state index contributed by atoms with van der Waals surface area (Å²) in [5.41, 5.74) is 4.42. The minimum atomic E-state index is 0.194. The number of hydrogen-bond acceptors (Lipinski definition) is 3. The summed E-state index contributed by atoms with van der Waals surface area (Å²) in [5.74, 6) is 0.252. The Balaban J connectivity index is 1.59. The highest BCUT2D eigenvalue weighted by Gasteiger charge is 2.31. The van der Waals surface area contributed by atoms with Gasteiger partial charge in [0.25, 0.3) is 0 Å². The number of hydrogen-bond donors (Lipinski definition) is 0. The Bertz CT molecular complexity index is 730. The molecule has 0 aromatic carbocycles. The summed E-state index contributed by atoms with van der Waals surface area (Å²) in [7, 11) is 1.94. The van der Waals surface area contributed by atoms with Gasteiger partial charge in [-0.1, -0.05) is 0 Å². The van der Waals surface area contributed by atoms with Crippen LogP contribution in [0.4, 0.5) is 0 Å². The van der Waals surface area contributed by atoms with Crippen LogP contribution in [-0.4, -0.2) is 36.9 Å². The molecule has 0 bridgehead atoms. The molecule has 1 aliphatic rings. The molecule has 0 aliphatic carbocycles. The van der Waals surface area contributed by atoms with Crippen LogP contribution >= 0.6 is 0 Å². The van der Waals surface area contributed by atoms with Crippen LogP contribution in [0, 0.1) is 20.8 Å². The number of carbonyl (C=O) groups excluding carboxylic acids is 1. The highest BCUT2D eigenvalue weighted by molar-refractivity contribution is 5.77. The van der Waals surface area contributed by atoms with Crippen LogP contribution in [0.1, 0.15) is 54.4 Å². The van der Waals surface area contributed by atoms with Gasteiger partial charge >= 0.3 is 0 Å². The number of aromatic nitrogens is 4. The fourth-order valence-electron chi connectivity index (χ4n) is 3.76. The van der Waals surface area contributed by atoms with Gasteiger partial charge in [-0.25, -0.2) is 0 Å². The van der Waals surface area contributed by atoms with Crippen molar-refractivity contribution >= 4 is 5.91 Å². The monoisotopic (exact) mass is 329 g/mol. The predicted octanol–water partition coefficient (Wildman–Crippen LogP) is 2.69. The predicted molar refractivity (Wildman–Crippen MR) is 92.6 cm³/mol. The fraction of sp³-hybridized carbons (Fsp3) is 0.611. The zero-order valence-corrected chi connectivity index (χ0v) is 15.1.